The van der Waals surface area contributed by atoms with Gasteiger partial charge in [-0.15, -0.1) is 5.10 Å². The van der Waals surface area contributed by atoms with Gasteiger partial charge in [-0.1, -0.05) is 59.8 Å². The van der Waals surface area contributed by atoms with Crippen molar-refractivity contribution in [2.75, 3.05) is 6.26 Å². The number of benzene rings is 2. The maximum absolute atomic E-state index is 11.8. The molecule has 2 rings (SSSR count). The second-order valence-electron chi connectivity index (χ2n) is 4.91. The van der Waals surface area contributed by atoms with Crippen LogP contribution in [0, 0.1) is 0 Å². The average molecular weight is 382 g/mol. The minimum absolute atomic E-state index is 0.101. The molecule has 0 bridgehead atoms. The molecule has 0 aromatic heterocycles. The molecule has 0 heterocycles. The van der Waals surface area contributed by atoms with E-state index in [-0.39, 0.29) is 4.90 Å². The zero-order valence-electron chi connectivity index (χ0n) is 12.9. The van der Waals surface area contributed by atoms with E-state index in [0.717, 1.165) is 11.8 Å². The van der Waals surface area contributed by atoms with Crippen LogP contribution in [0.3, 0.4) is 0 Å². The molecular weight excluding hydrogens is 366 g/mol. The molecule has 0 aliphatic carbocycles. The Morgan fingerprint density at radius 2 is 1.96 bits per heavy atom. The van der Waals surface area contributed by atoms with Crippen LogP contribution in [0.25, 0.3) is 0 Å². The molecule has 5 nitrogen and oxygen atoms in total. The SMILES string of the molecule is CS(=O)(=O)c1cc(Cl)ccc1C=NN=C(N)SCc1ccccc1. The first kappa shape index (κ1) is 18.5. The Hall–Kier alpha value is -1.83. The van der Waals surface area contributed by atoms with Crippen molar-refractivity contribution in [3.05, 3.63) is 64.7 Å². The highest BCUT2D eigenvalue weighted by Gasteiger charge is 2.12. The van der Waals surface area contributed by atoms with Crippen LogP contribution in [-0.4, -0.2) is 26.1 Å². The summed E-state index contributed by atoms with van der Waals surface area (Å²) in [5.41, 5.74) is 7.33. The van der Waals surface area contributed by atoms with Gasteiger partial charge in [0, 0.05) is 22.6 Å². The van der Waals surface area contributed by atoms with Crippen molar-refractivity contribution in [1.82, 2.24) is 0 Å². The summed E-state index contributed by atoms with van der Waals surface area (Å²) in [5, 5.41) is 8.38. The van der Waals surface area contributed by atoms with Gasteiger partial charge in [-0.3, -0.25) is 0 Å². The van der Waals surface area contributed by atoms with Gasteiger partial charge < -0.3 is 5.73 Å². The molecule has 0 unspecified atom stereocenters. The smallest absolute Gasteiger partial charge is 0.180 e. The molecule has 0 atom stereocenters. The quantitative estimate of drug-likeness (QED) is 0.489. The highest BCUT2D eigenvalue weighted by Crippen LogP contribution is 2.19. The van der Waals surface area contributed by atoms with Gasteiger partial charge in [0.05, 0.1) is 11.1 Å². The number of nitrogens with two attached hydrogens (primary N) is 1. The predicted octanol–water partition coefficient (Wildman–Crippen LogP) is 3.33. The molecule has 0 fully saturated rings. The second-order valence-corrected chi connectivity index (χ2v) is 8.33. The van der Waals surface area contributed by atoms with Crippen molar-refractivity contribution in [3.63, 3.8) is 0 Å². The largest absolute Gasteiger partial charge is 0.377 e. The molecule has 0 spiro atoms. The van der Waals surface area contributed by atoms with Gasteiger partial charge in [0.1, 0.15) is 0 Å². The first-order chi connectivity index (χ1) is 11.4. The first-order valence-corrected chi connectivity index (χ1v) is 10.1. The summed E-state index contributed by atoms with van der Waals surface area (Å²) in [7, 11) is -3.41. The normalized spacial score (nSPS) is 12.7. The van der Waals surface area contributed by atoms with Gasteiger partial charge >= 0.3 is 0 Å². The van der Waals surface area contributed by atoms with Crippen LogP contribution in [0.4, 0.5) is 0 Å². The number of hydrogen-bond acceptors (Lipinski definition) is 5. The molecule has 0 aliphatic rings. The molecule has 2 aromatic rings. The molecular formula is C16H16ClN3O2S2. The predicted molar refractivity (Wildman–Crippen MR) is 102 cm³/mol. The fourth-order valence-electron chi connectivity index (χ4n) is 1.84. The van der Waals surface area contributed by atoms with Gasteiger partial charge in [0.25, 0.3) is 0 Å². The first-order valence-electron chi connectivity index (χ1n) is 6.89. The molecule has 0 saturated heterocycles. The summed E-state index contributed by atoms with van der Waals surface area (Å²) in [6, 6.07) is 14.4. The fourth-order valence-corrected chi connectivity index (χ4v) is 3.58. The lowest BCUT2D eigenvalue weighted by Crippen LogP contribution is -2.06. The van der Waals surface area contributed by atoms with Gasteiger partial charge in [0.2, 0.25) is 0 Å². The summed E-state index contributed by atoms with van der Waals surface area (Å²) < 4.78 is 23.6. The maximum atomic E-state index is 11.8. The van der Waals surface area contributed by atoms with Gasteiger partial charge in [0.15, 0.2) is 15.0 Å². The van der Waals surface area contributed by atoms with Crippen LogP contribution >= 0.6 is 23.4 Å². The van der Waals surface area contributed by atoms with E-state index in [2.05, 4.69) is 10.2 Å². The third kappa shape index (κ3) is 5.67. The topological polar surface area (TPSA) is 84.9 Å². The maximum Gasteiger partial charge on any atom is 0.180 e. The van der Waals surface area contributed by atoms with Crippen molar-refractivity contribution in [1.29, 1.82) is 0 Å². The van der Waals surface area contributed by atoms with Gasteiger partial charge in [-0.05, 0) is 17.7 Å². The molecule has 24 heavy (non-hydrogen) atoms. The monoisotopic (exact) mass is 381 g/mol. The number of nitrogens with zero attached hydrogens (tertiary/aromatic N) is 2. The Kier molecular flexibility index (Phi) is 6.42. The highest BCUT2D eigenvalue weighted by atomic mass is 35.5. The summed E-state index contributed by atoms with van der Waals surface area (Å²) in [6.45, 7) is 0. The summed E-state index contributed by atoms with van der Waals surface area (Å²) in [5.74, 6) is 0.682. The van der Waals surface area contributed by atoms with Crippen molar-refractivity contribution in [2.45, 2.75) is 10.6 Å². The molecule has 126 valence electrons. The van der Waals surface area contributed by atoms with E-state index >= 15 is 0 Å². The molecule has 0 aliphatic heterocycles. The lowest BCUT2D eigenvalue weighted by molar-refractivity contribution is 0.602. The van der Waals surface area contributed by atoms with Crippen molar-refractivity contribution >= 4 is 44.6 Å². The zero-order valence-corrected chi connectivity index (χ0v) is 15.3. The Morgan fingerprint density at radius 3 is 2.62 bits per heavy atom. The highest BCUT2D eigenvalue weighted by molar-refractivity contribution is 8.13. The van der Waals surface area contributed by atoms with Crippen LogP contribution < -0.4 is 5.73 Å². The minimum atomic E-state index is -3.41. The van der Waals surface area contributed by atoms with Crippen LogP contribution in [0.1, 0.15) is 11.1 Å². The Balaban J connectivity index is 2.08. The second kappa shape index (κ2) is 8.32. The zero-order chi connectivity index (χ0) is 17.6. The summed E-state index contributed by atoms with van der Waals surface area (Å²) >= 11 is 7.20. The Bertz CT molecular complexity index is 866. The van der Waals surface area contributed by atoms with Crippen molar-refractivity contribution in [2.24, 2.45) is 15.9 Å². The van der Waals surface area contributed by atoms with Crippen LogP contribution in [0.5, 0.6) is 0 Å². The van der Waals surface area contributed by atoms with Crippen molar-refractivity contribution < 1.29 is 8.42 Å². The summed E-state index contributed by atoms with van der Waals surface area (Å²) in [4.78, 5) is 0.101. The Labute approximate surface area is 150 Å². The van der Waals surface area contributed by atoms with E-state index in [4.69, 9.17) is 17.3 Å². The number of hydrogen-bond donors (Lipinski definition) is 1. The van der Waals surface area contributed by atoms with Crippen LogP contribution in [-0.2, 0) is 15.6 Å². The van der Waals surface area contributed by atoms with Crippen LogP contribution in [0.2, 0.25) is 5.02 Å². The average Bonchev–Trinajstić information content (AvgIpc) is 2.54. The third-order valence-electron chi connectivity index (χ3n) is 2.96. The lowest BCUT2D eigenvalue weighted by atomic mass is 10.2. The fraction of sp³-hybridized carbons (Fsp3) is 0.125. The molecule has 2 N–H and O–H groups in total. The van der Waals surface area contributed by atoms with Gasteiger partial charge in [-0.25, -0.2) is 8.42 Å². The van der Waals surface area contributed by atoms with E-state index in [1.54, 1.807) is 12.1 Å². The minimum Gasteiger partial charge on any atom is -0.377 e. The number of sulfone groups is 1. The van der Waals surface area contributed by atoms with E-state index in [1.165, 1.54) is 24.0 Å². The third-order valence-corrected chi connectivity index (χ3v) is 5.20. The Morgan fingerprint density at radius 1 is 1.25 bits per heavy atom. The van der Waals surface area contributed by atoms with Crippen LogP contribution in [0.15, 0.2) is 63.6 Å². The number of halogens is 1. The van der Waals surface area contributed by atoms with Gasteiger partial charge in [-0.2, -0.15) is 5.10 Å². The number of amidine groups is 1. The molecule has 2 aromatic carbocycles. The standard InChI is InChI=1S/C16H16ClN3O2S2/c1-24(21,22)15-9-14(17)8-7-13(15)10-19-20-16(18)23-11-12-5-3-2-4-6-12/h2-10H,11H2,1H3,(H2,18,20). The van der Waals surface area contributed by atoms with E-state index < -0.39 is 9.84 Å². The van der Waals surface area contributed by atoms with E-state index in [0.29, 0.717) is 21.5 Å². The molecule has 0 radical (unpaired) electrons. The molecule has 8 heteroatoms. The molecule has 0 amide bonds. The molecule has 0 saturated carbocycles. The van der Waals surface area contributed by atoms with Crippen molar-refractivity contribution in [3.8, 4) is 0 Å². The summed E-state index contributed by atoms with van der Waals surface area (Å²) in [6.07, 6.45) is 2.46. The number of thioether (sulfide) groups is 1. The lowest BCUT2D eigenvalue weighted by Gasteiger charge is -2.03. The van der Waals surface area contributed by atoms with E-state index in [9.17, 15) is 8.42 Å². The number of rotatable bonds is 5. The van der Waals surface area contributed by atoms with E-state index in [1.807, 2.05) is 30.3 Å².